The molecule has 8 atom stereocenters. The Morgan fingerprint density at radius 1 is 1.22 bits per heavy atom. The van der Waals surface area contributed by atoms with Crippen molar-refractivity contribution in [3.63, 3.8) is 0 Å². The van der Waals surface area contributed by atoms with Gasteiger partial charge in [-0.25, -0.2) is 4.79 Å². The highest BCUT2D eigenvalue weighted by atomic mass is 16.6. The van der Waals surface area contributed by atoms with Crippen LogP contribution in [0.2, 0.25) is 0 Å². The fraction of sp³-hybridized carbons (Fsp3) is 0.464. The van der Waals surface area contributed by atoms with Crippen molar-refractivity contribution in [2.24, 2.45) is 5.92 Å². The van der Waals surface area contributed by atoms with E-state index in [-0.39, 0.29) is 41.1 Å². The van der Waals surface area contributed by atoms with Gasteiger partial charge in [0.05, 0.1) is 17.0 Å². The first-order valence-corrected chi connectivity index (χ1v) is 12.8. The molecule has 184 valence electrons. The Hall–Kier alpha value is -3.39. The third-order valence-electron chi connectivity index (χ3n) is 9.62. The lowest BCUT2D eigenvalue weighted by Gasteiger charge is -2.42. The number of carbonyl (C=O) groups excluding carboxylic acids is 2. The number of likely N-dealkylation sites (tertiary alicyclic amines) is 2. The Labute approximate surface area is 208 Å². The molecular formula is C28H27N3O5. The van der Waals surface area contributed by atoms with Crippen LogP contribution in [0.15, 0.2) is 48.8 Å². The van der Waals surface area contributed by atoms with Crippen molar-refractivity contribution in [3.8, 4) is 11.5 Å². The van der Waals surface area contributed by atoms with Gasteiger partial charge in [0.2, 0.25) is 0 Å². The number of benzene rings is 1. The first-order chi connectivity index (χ1) is 17.5. The van der Waals surface area contributed by atoms with Gasteiger partial charge in [-0.1, -0.05) is 18.2 Å². The lowest BCUT2D eigenvalue weighted by molar-refractivity contribution is -0.132. The van der Waals surface area contributed by atoms with Crippen LogP contribution in [0.3, 0.4) is 0 Å². The maximum Gasteiger partial charge on any atom is 0.411 e. The molecule has 1 aromatic heterocycles. The number of pyridine rings is 1. The van der Waals surface area contributed by atoms with E-state index in [1.165, 1.54) is 12.5 Å². The number of rotatable bonds is 3. The van der Waals surface area contributed by atoms with Crippen LogP contribution in [0.4, 0.5) is 4.79 Å². The zero-order valence-electron chi connectivity index (χ0n) is 20.2. The molecule has 3 aliphatic heterocycles. The van der Waals surface area contributed by atoms with Crippen molar-refractivity contribution in [2.45, 2.75) is 61.4 Å². The van der Waals surface area contributed by atoms with Gasteiger partial charge in [-0.3, -0.25) is 14.7 Å². The summed E-state index contributed by atoms with van der Waals surface area (Å²) in [5.41, 5.74) is 3.18. The summed E-state index contributed by atoms with van der Waals surface area (Å²) in [6, 6.07) is 8.27. The molecule has 1 saturated carbocycles. The molecule has 2 bridgehead atoms. The summed E-state index contributed by atoms with van der Waals surface area (Å²) in [6.45, 7) is 2.06. The third-order valence-corrected chi connectivity index (χ3v) is 9.62. The first-order valence-electron chi connectivity index (χ1n) is 12.8. The first kappa shape index (κ1) is 20.8. The van der Waals surface area contributed by atoms with Crippen LogP contribution < -0.4 is 9.47 Å². The van der Waals surface area contributed by atoms with E-state index in [1.54, 1.807) is 6.20 Å². The standard InChI is InChI=1S/C28H27N3O5/c1-15(32)34-20-9-7-17-22-23(20)36-25-21(10-8-18-24-28(17,30(24)2)14-27(18,22)25)35-26(33)31-12-4-6-19(31)16-5-3-11-29-13-16/h3,5,7-11,13,18-19,21,24-25H,4,6,12,14H2,1-2H3/t18-,19-,21-,24-,25-,27-,28?,30?/m0/s1. The molecule has 8 heteroatoms. The maximum absolute atomic E-state index is 13.5. The van der Waals surface area contributed by atoms with Gasteiger partial charge in [-0.2, -0.15) is 0 Å². The summed E-state index contributed by atoms with van der Waals surface area (Å²) in [6.07, 6.45) is 9.40. The summed E-state index contributed by atoms with van der Waals surface area (Å²) in [5.74, 6) is 0.998. The van der Waals surface area contributed by atoms with E-state index in [2.05, 4.69) is 29.1 Å². The van der Waals surface area contributed by atoms with Crippen LogP contribution in [0, 0.1) is 5.92 Å². The number of nitrogens with zero attached hydrogens (tertiary/aromatic N) is 3. The molecule has 8 nitrogen and oxygen atoms in total. The van der Waals surface area contributed by atoms with Crippen molar-refractivity contribution in [3.05, 3.63) is 65.5 Å². The van der Waals surface area contributed by atoms with Gasteiger partial charge in [0.25, 0.3) is 0 Å². The van der Waals surface area contributed by atoms with Crippen molar-refractivity contribution >= 4 is 12.1 Å². The van der Waals surface area contributed by atoms with E-state index in [0.717, 1.165) is 30.4 Å². The quantitative estimate of drug-likeness (QED) is 0.285. The predicted molar refractivity (Wildman–Crippen MR) is 128 cm³/mol. The Bertz CT molecular complexity index is 1360. The SMILES string of the molecule is CC(=O)Oc1ccc2c3c1O[C@H]1[C@@H](OC(=O)N4CCC[C@H]4c4cccnc4)C=C[C@H]4[C@@H]5N(C)C25C[C@@]341. The second kappa shape index (κ2) is 6.68. The normalized spacial score (nSPS) is 39.4. The zero-order chi connectivity index (χ0) is 24.4. The average molecular weight is 486 g/mol. The molecule has 4 heterocycles. The maximum atomic E-state index is 13.5. The van der Waals surface area contributed by atoms with Crippen molar-refractivity contribution in [1.29, 1.82) is 0 Å². The minimum atomic E-state index is -0.521. The van der Waals surface area contributed by atoms with Gasteiger partial charge < -0.3 is 19.1 Å². The van der Waals surface area contributed by atoms with Gasteiger partial charge in [-0.05, 0) is 55.6 Å². The number of fused-ring (bicyclic) bond motifs is 1. The van der Waals surface area contributed by atoms with Crippen LogP contribution >= 0.6 is 0 Å². The summed E-state index contributed by atoms with van der Waals surface area (Å²) < 4.78 is 18.4. The number of likely N-dealkylation sites (N-methyl/N-ethyl adjacent to an activating group) is 1. The topological polar surface area (TPSA) is 81.0 Å². The van der Waals surface area contributed by atoms with Crippen molar-refractivity contribution < 1.29 is 23.8 Å². The fourth-order valence-electron chi connectivity index (χ4n) is 8.37. The molecule has 36 heavy (non-hydrogen) atoms. The largest absolute Gasteiger partial charge is 0.481 e. The molecule has 1 amide bonds. The number of amides is 1. The molecule has 2 spiro atoms. The zero-order valence-corrected chi connectivity index (χ0v) is 20.2. The van der Waals surface area contributed by atoms with Gasteiger partial charge in [0.15, 0.2) is 17.6 Å². The van der Waals surface area contributed by atoms with E-state index in [0.29, 0.717) is 24.1 Å². The summed E-state index contributed by atoms with van der Waals surface area (Å²) in [5, 5.41) is 0. The number of hydrogen-bond donors (Lipinski definition) is 0. The molecule has 0 radical (unpaired) electrons. The number of hydrogen-bond acceptors (Lipinski definition) is 7. The van der Waals surface area contributed by atoms with Crippen LogP contribution in [0.25, 0.3) is 0 Å². The molecule has 1 aromatic carbocycles. The van der Waals surface area contributed by atoms with E-state index >= 15 is 0 Å². The fourth-order valence-corrected chi connectivity index (χ4v) is 8.37. The molecular weight excluding hydrogens is 458 g/mol. The molecule has 0 N–H and O–H groups in total. The molecule has 3 fully saturated rings. The van der Waals surface area contributed by atoms with E-state index in [1.807, 2.05) is 35.4 Å². The van der Waals surface area contributed by atoms with Crippen LogP contribution in [0.5, 0.6) is 11.5 Å². The highest BCUT2D eigenvalue weighted by molar-refractivity contribution is 5.76. The van der Waals surface area contributed by atoms with Crippen molar-refractivity contribution in [2.75, 3.05) is 13.6 Å². The van der Waals surface area contributed by atoms with Gasteiger partial charge >= 0.3 is 12.1 Å². The van der Waals surface area contributed by atoms with Gasteiger partial charge in [0.1, 0.15) is 6.10 Å². The Morgan fingerprint density at radius 3 is 2.92 bits per heavy atom. The van der Waals surface area contributed by atoms with Crippen LogP contribution in [-0.2, 0) is 20.5 Å². The predicted octanol–water partition coefficient (Wildman–Crippen LogP) is 3.46. The van der Waals surface area contributed by atoms with E-state index in [9.17, 15) is 9.59 Å². The average Bonchev–Trinajstić information content (AvgIpc) is 3.38. The number of ether oxygens (including phenoxy) is 3. The van der Waals surface area contributed by atoms with E-state index in [4.69, 9.17) is 14.2 Å². The highest BCUT2D eigenvalue weighted by Crippen LogP contribution is 2.80. The minimum Gasteiger partial charge on any atom is -0.481 e. The number of esters is 1. The highest BCUT2D eigenvalue weighted by Gasteiger charge is 2.85. The van der Waals surface area contributed by atoms with Crippen molar-refractivity contribution in [1.82, 2.24) is 14.8 Å². The third kappa shape index (κ3) is 2.28. The van der Waals surface area contributed by atoms with Gasteiger partial charge in [-0.15, -0.1) is 0 Å². The van der Waals surface area contributed by atoms with Crippen LogP contribution in [0.1, 0.15) is 48.9 Å². The number of carbonyl (C=O) groups is 2. The number of aromatic nitrogens is 1. The molecule has 6 aliphatic rings. The Kier molecular flexibility index (Phi) is 3.85. The molecule has 2 aromatic rings. The molecule has 3 aliphatic carbocycles. The second-order valence-corrected chi connectivity index (χ2v) is 11.0. The summed E-state index contributed by atoms with van der Waals surface area (Å²) in [7, 11) is 2.19. The summed E-state index contributed by atoms with van der Waals surface area (Å²) in [4.78, 5) is 33.9. The Morgan fingerprint density at radius 2 is 2.11 bits per heavy atom. The smallest absolute Gasteiger partial charge is 0.411 e. The Balaban J connectivity index is 1.15. The van der Waals surface area contributed by atoms with E-state index < -0.39 is 6.10 Å². The van der Waals surface area contributed by atoms with Gasteiger partial charge in [0, 0.05) is 43.4 Å². The lowest BCUT2D eigenvalue weighted by Crippen LogP contribution is -2.53. The number of piperidine rings is 1. The lowest BCUT2D eigenvalue weighted by atomic mass is 9.64. The summed E-state index contributed by atoms with van der Waals surface area (Å²) >= 11 is 0. The van der Waals surface area contributed by atoms with Crippen LogP contribution in [-0.4, -0.2) is 58.7 Å². The second-order valence-electron chi connectivity index (χ2n) is 11.0. The monoisotopic (exact) mass is 485 g/mol. The molecule has 2 saturated heterocycles. The minimum absolute atomic E-state index is 0.00483. The molecule has 8 rings (SSSR count). The molecule has 2 unspecified atom stereocenters.